The number of rotatable bonds is 7. The Kier molecular flexibility index (Phi) is 6.63. The monoisotopic (exact) mass is 296 g/mol. The van der Waals surface area contributed by atoms with E-state index in [1.165, 1.54) is 0 Å². The fourth-order valence-corrected chi connectivity index (χ4v) is 1.77. The summed E-state index contributed by atoms with van der Waals surface area (Å²) in [5, 5.41) is 1.00. The van der Waals surface area contributed by atoms with Crippen molar-refractivity contribution in [3.05, 3.63) is 42.0 Å². The number of carbonyl (C=O) groups is 1. The van der Waals surface area contributed by atoms with E-state index in [0.717, 1.165) is 30.2 Å². The molecule has 0 aliphatic carbocycles. The number of hydrogen-bond donors (Lipinski definition) is 0. The van der Waals surface area contributed by atoms with E-state index in [-0.39, 0.29) is 5.97 Å². The van der Waals surface area contributed by atoms with Crippen molar-refractivity contribution >= 4 is 28.0 Å². The molecule has 0 saturated heterocycles. The molecule has 3 heteroatoms. The van der Waals surface area contributed by atoms with Crippen molar-refractivity contribution in [1.82, 2.24) is 0 Å². The van der Waals surface area contributed by atoms with Gasteiger partial charge in [-0.05, 0) is 37.0 Å². The molecule has 92 valence electrons. The van der Waals surface area contributed by atoms with Crippen LogP contribution >= 0.6 is 15.9 Å². The number of benzene rings is 1. The maximum atomic E-state index is 11.6. The maximum Gasteiger partial charge on any atom is 0.338 e. The Morgan fingerprint density at radius 1 is 1.24 bits per heavy atom. The second kappa shape index (κ2) is 8.07. The molecule has 0 amide bonds. The van der Waals surface area contributed by atoms with E-state index in [0.29, 0.717) is 12.2 Å². The first-order valence-electron chi connectivity index (χ1n) is 5.73. The summed E-state index contributed by atoms with van der Waals surface area (Å²) in [6.07, 6.45) is 4.86. The topological polar surface area (TPSA) is 26.3 Å². The van der Waals surface area contributed by atoms with Crippen molar-refractivity contribution in [2.45, 2.75) is 19.3 Å². The molecule has 0 radical (unpaired) electrons. The fourth-order valence-electron chi connectivity index (χ4n) is 1.38. The number of carbonyl (C=O) groups excluding carboxylic acids is 1. The highest BCUT2D eigenvalue weighted by atomic mass is 79.9. The number of halogens is 1. The van der Waals surface area contributed by atoms with Gasteiger partial charge in [-0.25, -0.2) is 4.79 Å². The lowest BCUT2D eigenvalue weighted by Crippen LogP contribution is -2.06. The number of unbranched alkanes of at least 4 members (excludes halogenated alkanes) is 2. The minimum Gasteiger partial charge on any atom is -0.462 e. The first kappa shape index (κ1) is 14.0. The molecule has 0 aliphatic rings. The Morgan fingerprint density at radius 2 is 1.94 bits per heavy atom. The third-order valence-electron chi connectivity index (χ3n) is 2.39. The van der Waals surface area contributed by atoms with Gasteiger partial charge >= 0.3 is 5.97 Å². The SMILES string of the molecule is C=Cc1ccc(C(=O)OCCCCCBr)cc1. The van der Waals surface area contributed by atoms with Gasteiger partial charge in [0.05, 0.1) is 12.2 Å². The molecule has 0 heterocycles. The van der Waals surface area contributed by atoms with Gasteiger partial charge in [-0.1, -0.05) is 40.7 Å². The van der Waals surface area contributed by atoms with Crippen molar-refractivity contribution in [1.29, 1.82) is 0 Å². The lowest BCUT2D eigenvalue weighted by Gasteiger charge is -2.04. The van der Waals surface area contributed by atoms with Gasteiger partial charge in [-0.3, -0.25) is 0 Å². The molecule has 0 atom stereocenters. The van der Waals surface area contributed by atoms with Crippen LogP contribution in [-0.2, 0) is 4.74 Å². The lowest BCUT2D eigenvalue weighted by molar-refractivity contribution is 0.0498. The van der Waals surface area contributed by atoms with Gasteiger partial charge in [0.2, 0.25) is 0 Å². The molecule has 0 saturated carbocycles. The second-order valence-corrected chi connectivity index (χ2v) is 4.50. The number of ether oxygens (including phenoxy) is 1. The highest BCUT2D eigenvalue weighted by Crippen LogP contribution is 2.07. The molecule has 0 N–H and O–H groups in total. The van der Waals surface area contributed by atoms with Crippen LogP contribution in [0.15, 0.2) is 30.8 Å². The van der Waals surface area contributed by atoms with Crippen LogP contribution in [0.3, 0.4) is 0 Å². The summed E-state index contributed by atoms with van der Waals surface area (Å²) in [5.74, 6) is -0.251. The first-order valence-corrected chi connectivity index (χ1v) is 6.85. The van der Waals surface area contributed by atoms with Crippen LogP contribution < -0.4 is 0 Å². The van der Waals surface area contributed by atoms with E-state index < -0.39 is 0 Å². The summed E-state index contributed by atoms with van der Waals surface area (Å²) in [7, 11) is 0. The highest BCUT2D eigenvalue weighted by molar-refractivity contribution is 9.09. The van der Waals surface area contributed by atoms with Crippen molar-refractivity contribution in [3.63, 3.8) is 0 Å². The summed E-state index contributed by atoms with van der Waals surface area (Å²) in [6.45, 7) is 4.16. The molecule has 0 bridgehead atoms. The summed E-state index contributed by atoms with van der Waals surface area (Å²) in [6, 6.07) is 7.23. The van der Waals surface area contributed by atoms with E-state index in [1.54, 1.807) is 18.2 Å². The largest absolute Gasteiger partial charge is 0.462 e. The van der Waals surface area contributed by atoms with Gasteiger partial charge in [0, 0.05) is 5.33 Å². The van der Waals surface area contributed by atoms with Crippen LogP contribution in [0.5, 0.6) is 0 Å². The Bertz CT molecular complexity index is 357. The molecule has 1 rings (SSSR count). The van der Waals surface area contributed by atoms with Gasteiger partial charge < -0.3 is 4.74 Å². The van der Waals surface area contributed by atoms with Crippen LogP contribution in [0.25, 0.3) is 6.08 Å². The van der Waals surface area contributed by atoms with Crippen molar-refractivity contribution < 1.29 is 9.53 Å². The minimum atomic E-state index is -0.251. The molecule has 0 fully saturated rings. The van der Waals surface area contributed by atoms with E-state index >= 15 is 0 Å². The van der Waals surface area contributed by atoms with Crippen molar-refractivity contribution in [3.8, 4) is 0 Å². The molecule has 1 aromatic carbocycles. The zero-order chi connectivity index (χ0) is 12.5. The maximum absolute atomic E-state index is 11.6. The molecule has 0 aliphatic heterocycles. The van der Waals surface area contributed by atoms with Crippen molar-refractivity contribution in [2.24, 2.45) is 0 Å². The second-order valence-electron chi connectivity index (χ2n) is 3.71. The Labute approximate surface area is 111 Å². The fraction of sp³-hybridized carbons (Fsp3) is 0.357. The molecule has 0 unspecified atom stereocenters. The molecule has 2 nitrogen and oxygen atoms in total. The summed E-state index contributed by atoms with van der Waals surface area (Å²) in [5.41, 5.74) is 1.59. The zero-order valence-electron chi connectivity index (χ0n) is 9.82. The average Bonchev–Trinajstić information content (AvgIpc) is 2.38. The Morgan fingerprint density at radius 3 is 2.53 bits per heavy atom. The van der Waals surface area contributed by atoms with E-state index in [4.69, 9.17) is 4.74 Å². The molecule has 17 heavy (non-hydrogen) atoms. The number of alkyl halides is 1. The number of esters is 1. The van der Waals surface area contributed by atoms with Crippen LogP contribution in [0, 0.1) is 0 Å². The molecule has 0 spiro atoms. The zero-order valence-corrected chi connectivity index (χ0v) is 11.4. The Balaban J connectivity index is 2.33. The first-order chi connectivity index (χ1) is 8.27. The molecule has 1 aromatic rings. The van der Waals surface area contributed by atoms with Gasteiger partial charge in [0.1, 0.15) is 0 Å². The van der Waals surface area contributed by atoms with E-state index in [2.05, 4.69) is 22.5 Å². The van der Waals surface area contributed by atoms with Crippen LogP contribution in [0.4, 0.5) is 0 Å². The van der Waals surface area contributed by atoms with Gasteiger partial charge in [0.25, 0.3) is 0 Å². The quantitative estimate of drug-likeness (QED) is 0.431. The summed E-state index contributed by atoms with van der Waals surface area (Å²) in [4.78, 5) is 11.6. The molecular formula is C14H17BrO2. The van der Waals surface area contributed by atoms with Crippen LogP contribution in [0.2, 0.25) is 0 Å². The predicted molar refractivity (Wildman–Crippen MR) is 74.5 cm³/mol. The van der Waals surface area contributed by atoms with Crippen molar-refractivity contribution in [2.75, 3.05) is 11.9 Å². The minimum absolute atomic E-state index is 0.251. The van der Waals surface area contributed by atoms with Crippen LogP contribution in [-0.4, -0.2) is 17.9 Å². The lowest BCUT2D eigenvalue weighted by atomic mass is 10.1. The predicted octanol–water partition coefficient (Wildman–Crippen LogP) is 4.05. The summed E-state index contributed by atoms with van der Waals surface area (Å²) >= 11 is 3.36. The average molecular weight is 297 g/mol. The third-order valence-corrected chi connectivity index (χ3v) is 2.95. The number of hydrogen-bond acceptors (Lipinski definition) is 2. The smallest absolute Gasteiger partial charge is 0.338 e. The van der Waals surface area contributed by atoms with Crippen LogP contribution in [0.1, 0.15) is 35.2 Å². The standard InChI is InChI=1S/C14H17BrO2/c1-2-12-6-8-13(9-7-12)14(16)17-11-5-3-4-10-15/h2,6-9H,1,3-5,10-11H2. The van der Waals surface area contributed by atoms with E-state index in [1.807, 2.05) is 12.1 Å². The highest BCUT2D eigenvalue weighted by Gasteiger charge is 2.05. The summed E-state index contributed by atoms with van der Waals surface area (Å²) < 4.78 is 5.17. The molecule has 0 aromatic heterocycles. The van der Waals surface area contributed by atoms with Gasteiger partial charge in [-0.15, -0.1) is 0 Å². The van der Waals surface area contributed by atoms with E-state index in [9.17, 15) is 4.79 Å². The third kappa shape index (κ3) is 5.18. The van der Waals surface area contributed by atoms with Gasteiger partial charge in [0.15, 0.2) is 0 Å². The Hall–Kier alpha value is -1.09. The van der Waals surface area contributed by atoms with Gasteiger partial charge in [-0.2, -0.15) is 0 Å². The normalized spacial score (nSPS) is 9.94. The molecular weight excluding hydrogens is 280 g/mol.